The number of nitrogens with one attached hydrogen (secondary N) is 2. The minimum absolute atomic E-state index is 0.0227. The molecule has 0 spiro atoms. The van der Waals surface area contributed by atoms with Gasteiger partial charge in [-0.1, -0.05) is 12.1 Å². The van der Waals surface area contributed by atoms with E-state index in [0.717, 1.165) is 54.2 Å². The third kappa shape index (κ3) is 4.47. The van der Waals surface area contributed by atoms with Gasteiger partial charge in [-0.15, -0.1) is 11.3 Å². The van der Waals surface area contributed by atoms with E-state index in [9.17, 15) is 9.59 Å². The summed E-state index contributed by atoms with van der Waals surface area (Å²) in [6, 6.07) is 8.07. The van der Waals surface area contributed by atoms with Crippen LogP contribution in [0.4, 0.5) is 10.5 Å². The van der Waals surface area contributed by atoms with Gasteiger partial charge in [0.2, 0.25) is 5.91 Å². The van der Waals surface area contributed by atoms with Crippen molar-refractivity contribution in [2.75, 3.05) is 18.4 Å². The maximum absolute atomic E-state index is 12.7. The Morgan fingerprint density at radius 3 is 2.85 bits per heavy atom. The van der Waals surface area contributed by atoms with Gasteiger partial charge in [-0.05, 0) is 44.7 Å². The summed E-state index contributed by atoms with van der Waals surface area (Å²) in [6.45, 7) is 3.18. The molecule has 4 rings (SSSR count). The molecule has 2 heterocycles. The van der Waals surface area contributed by atoms with Crippen molar-refractivity contribution in [3.8, 4) is 11.3 Å². The van der Waals surface area contributed by atoms with Crippen molar-refractivity contribution in [1.82, 2.24) is 15.2 Å². The fourth-order valence-corrected chi connectivity index (χ4v) is 3.99. The van der Waals surface area contributed by atoms with Gasteiger partial charge in [0.25, 0.3) is 0 Å². The second-order valence-corrected chi connectivity index (χ2v) is 8.39. The average Bonchev–Trinajstić information content (AvgIpc) is 3.39. The van der Waals surface area contributed by atoms with Crippen LogP contribution in [0, 0.1) is 12.8 Å². The van der Waals surface area contributed by atoms with Gasteiger partial charge in [0, 0.05) is 35.8 Å². The Morgan fingerprint density at radius 1 is 1.26 bits per heavy atom. The molecule has 1 unspecified atom stereocenters. The van der Waals surface area contributed by atoms with Crippen LogP contribution in [-0.4, -0.2) is 41.0 Å². The van der Waals surface area contributed by atoms with Crippen molar-refractivity contribution in [3.63, 3.8) is 0 Å². The molecule has 2 aromatic rings. The van der Waals surface area contributed by atoms with E-state index in [2.05, 4.69) is 15.6 Å². The summed E-state index contributed by atoms with van der Waals surface area (Å²) < 4.78 is 0. The molecule has 0 bridgehead atoms. The number of nitrogens with zero attached hydrogens (tertiary/aromatic N) is 2. The van der Waals surface area contributed by atoms with E-state index < -0.39 is 0 Å². The number of likely N-dealkylation sites (tertiary alicyclic amines) is 1. The number of hydrogen-bond donors (Lipinski definition) is 2. The second-order valence-electron chi connectivity index (χ2n) is 7.33. The first-order valence-corrected chi connectivity index (χ1v) is 10.4. The number of urea groups is 1. The lowest BCUT2D eigenvalue weighted by Gasteiger charge is -2.32. The quantitative estimate of drug-likeness (QED) is 0.845. The zero-order valence-electron chi connectivity index (χ0n) is 15.4. The molecule has 2 N–H and O–H groups in total. The number of aromatic nitrogens is 1. The molecular formula is C20H24N4O2S. The van der Waals surface area contributed by atoms with Gasteiger partial charge >= 0.3 is 6.03 Å². The number of amides is 3. The third-order valence-corrected chi connectivity index (χ3v) is 5.80. The first kappa shape index (κ1) is 18.0. The second kappa shape index (κ2) is 7.68. The van der Waals surface area contributed by atoms with E-state index in [1.54, 1.807) is 16.2 Å². The van der Waals surface area contributed by atoms with Gasteiger partial charge in [0.1, 0.15) is 0 Å². The highest BCUT2D eigenvalue weighted by Gasteiger charge is 2.31. The molecule has 1 aromatic heterocycles. The number of rotatable bonds is 4. The molecule has 2 aliphatic rings. The molecular weight excluding hydrogens is 360 g/mol. The Balaban J connectivity index is 1.39. The van der Waals surface area contributed by atoms with E-state index in [1.165, 1.54) is 0 Å². The summed E-state index contributed by atoms with van der Waals surface area (Å²) in [5.74, 6) is -0.195. The fourth-order valence-electron chi connectivity index (χ4n) is 3.37. The van der Waals surface area contributed by atoms with Crippen molar-refractivity contribution in [3.05, 3.63) is 34.7 Å². The minimum Gasteiger partial charge on any atom is -0.335 e. The van der Waals surface area contributed by atoms with Crippen LogP contribution in [0.2, 0.25) is 0 Å². The normalized spacial score (nSPS) is 19.6. The Kier molecular flexibility index (Phi) is 5.11. The van der Waals surface area contributed by atoms with Crippen molar-refractivity contribution in [1.29, 1.82) is 0 Å². The largest absolute Gasteiger partial charge is 0.335 e. The Morgan fingerprint density at radius 2 is 2.11 bits per heavy atom. The summed E-state index contributed by atoms with van der Waals surface area (Å²) in [7, 11) is 0. The van der Waals surface area contributed by atoms with E-state index >= 15 is 0 Å². The third-order valence-electron chi connectivity index (χ3n) is 5.03. The molecule has 142 valence electrons. The van der Waals surface area contributed by atoms with Gasteiger partial charge in [-0.3, -0.25) is 4.79 Å². The summed E-state index contributed by atoms with van der Waals surface area (Å²) in [5, 5.41) is 9.07. The highest BCUT2D eigenvalue weighted by Crippen LogP contribution is 2.26. The lowest BCUT2D eigenvalue weighted by Crippen LogP contribution is -2.48. The summed E-state index contributed by atoms with van der Waals surface area (Å²) >= 11 is 1.61. The van der Waals surface area contributed by atoms with Crippen LogP contribution < -0.4 is 10.6 Å². The molecule has 3 amide bonds. The Hall–Kier alpha value is -2.41. The number of carbonyl (C=O) groups is 2. The molecule has 1 aliphatic carbocycles. The average molecular weight is 385 g/mol. The molecule has 1 saturated heterocycles. The lowest BCUT2D eigenvalue weighted by atomic mass is 9.97. The molecule has 1 aromatic carbocycles. The molecule has 0 radical (unpaired) electrons. The fraction of sp³-hybridized carbons (Fsp3) is 0.450. The lowest BCUT2D eigenvalue weighted by molar-refractivity contribution is -0.121. The zero-order valence-corrected chi connectivity index (χ0v) is 16.2. The van der Waals surface area contributed by atoms with Gasteiger partial charge in [-0.25, -0.2) is 9.78 Å². The van der Waals surface area contributed by atoms with E-state index in [0.29, 0.717) is 12.6 Å². The van der Waals surface area contributed by atoms with Gasteiger partial charge in [-0.2, -0.15) is 0 Å². The van der Waals surface area contributed by atoms with Gasteiger partial charge < -0.3 is 15.5 Å². The van der Waals surface area contributed by atoms with E-state index in [-0.39, 0.29) is 17.9 Å². The molecule has 2 fully saturated rings. The standard InChI is InChI=1S/C20H24N4O2S/c1-13-21-18(12-27-13)14-4-2-6-17(10-14)22-19(25)15-5-3-9-24(11-15)20(26)23-16-7-8-16/h2,4,6,10,12,15-16H,3,5,7-9,11H2,1H3,(H,22,25)(H,23,26). The Bertz CT molecular complexity index is 846. The summed E-state index contributed by atoms with van der Waals surface area (Å²) in [4.78, 5) is 31.3. The van der Waals surface area contributed by atoms with Crippen molar-refractivity contribution < 1.29 is 9.59 Å². The number of piperidine rings is 1. The van der Waals surface area contributed by atoms with Crippen LogP contribution in [0.1, 0.15) is 30.7 Å². The highest BCUT2D eigenvalue weighted by atomic mass is 32.1. The van der Waals surface area contributed by atoms with Crippen LogP contribution in [0.5, 0.6) is 0 Å². The molecule has 27 heavy (non-hydrogen) atoms. The number of hydrogen-bond acceptors (Lipinski definition) is 4. The molecule has 1 aliphatic heterocycles. The van der Waals surface area contributed by atoms with Crippen LogP contribution >= 0.6 is 11.3 Å². The zero-order chi connectivity index (χ0) is 18.8. The van der Waals surface area contributed by atoms with Crippen molar-refractivity contribution in [2.45, 2.75) is 38.6 Å². The number of anilines is 1. The summed E-state index contributed by atoms with van der Waals surface area (Å²) in [5.41, 5.74) is 2.68. The van der Waals surface area contributed by atoms with Crippen LogP contribution in [-0.2, 0) is 4.79 Å². The number of aryl methyl sites for hydroxylation is 1. The van der Waals surface area contributed by atoms with Crippen molar-refractivity contribution in [2.24, 2.45) is 5.92 Å². The molecule has 1 saturated carbocycles. The maximum Gasteiger partial charge on any atom is 0.317 e. The van der Waals surface area contributed by atoms with E-state index in [1.807, 2.05) is 36.6 Å². The highest BCUT2D eigenvalue weighted by molar-refractivity contribution is 7.09. The topological polar surface area (TPSA) is 74.3 Å². The maximum atomic E-state index is 12.7. The molecule has 7 heteroatoms. The first-order valence-electron chi connectivity index (χ1n) is 9.47. The van der Waals surface area contributed by atoms with Gasteiger partial charge in [0.05, 0.1) is 16.6 Å². The molecule has 1 atom stereocenters. The predicted molar refractivity (Wildman–Crippen MR) is 107 cm³/mol. The monoisotopic (exact) mass is 384 g/mol. The number of carbonyl (C=O) groups excluding carboxylic acids is 2. The van der Waals surface area contributed by atoms with Crippen LogP contribution in [0.25, 0.3) is 11.3 Å². The molecule has 6 nitrogen and oxygen atoms in total. The van der Waals surface area contributed by atoms with E-state index in [4.69, 9.17) is 0 Å². The minimum atomic E-state index is -0.172. The summed E-state index contributed by atoms with van der Waals surface area (Å²) in [6.07, 6.45) is 3.80. The first-order chi connectivity index (χ1) is 13.1. The van der Waals surface area contributed by atoms with Gasteiger partial charge in [0.15, 0.2) is 0 Å². The SMILES string of the molecule is Cc1nc(-c2cccc(NC(=O)C3CCCN(C(=O)NC4CC4)C3)c2)cs1. The smallest absolute Gasteiger partial charge is 0.317 e. The Labute approximate surface area is 163 Å². The van der Waals surface area contributed by atoms with Crippen LogP contribution in [0.3, 0.4) is 0 Å². The number of thiazole rings is 1. The van der Waals surface area contributed by atoms with Crippen LogP contribution in [0.15, 0.2) is 29.6 Å². The predicted octanol–water partition coefficient (Wildman–Crippen LogP) is 3.64. The van der Waals surface area contributed by atoms with Crippen molar-refractivity contribution >= 4 is 29.0 Å². The number of benzene rings is 1.